The Bertz CT molecular complexity index is 611. The van der Waals surface area contributed by atoms with Crippen molar-refractivity contribution < 1.29 is 19.4 Å². The maximum atomic E-state index is 12.5. The van der Waals surface area contributed by atoms with Gasteiger partial charge in [-0.3, -0.25) is 19.4 Å². The minimum absolute atomic E-state index is 0.0669. The normalized spacial score (nSPS) is 17.9. The number of nitrogens with zero attached hydrogens (tertiary/aromatic N) is 3. The number of aliphatic carboxylic acids is 1. The molecule has 0 radical (unpaired) electrons. The molecule has 0 spiro atoms. The molecule has 1 atom stereocenters. The highest BCUT2D eigenvalue weighted by atomic mass is 16.5. The number of amides is 1. The van der Waals surface area contributed by atoms with Gasteiger partial charge in [-0.2, -0.15) is 0 Å². The van der Waals surface area contributed by atoms with Gasteiger partial charge < -0.3 is 14.7 Å². The summed E-state index contributed by atoms with van der Waals surface area (Å²) in [4.78, 5) is 29.3. The molecule has 1 fully saturated rings. The van der Waals surface area contributed by atoms with Crippen molar-refractivity contribution in [2.24, 2.45) is 0 Å². The van der Waals surface area contributed by atoms with Crippen LogP contribution in [0.2, 0.25) is 0 Å². The average Bonchev–Trinajstić information content (AvgIpc) is 2.91. The zero-order chi connectivity index (χ0) is 20.4. The van der Waals surface area contributed by atoms with Gasteiger partial charge >= 0.3 is 5.97 Å². The molecule has 156 valence electrons. The second kappa shape index (κ2) is 11.7. The Hall–Kier alpha value is -2.12. The average molecular weight is 392 g/mol. The zero-order valence-electron chi connectivity index (χ0n) is 17.0. The van der Waals surface area contributed by atoms with E-state index in [1.807, 2.05) is 49.3 Å². The Balaban J connectivity index is 1.66. The maximum Gasteiger partial charge on any atom is 0.317 e. The fourth-order valence-electron chi connectivity index (χ4n) is 3.52. The van der Waals surface area contributed by atoms with Crippen molar-refractivity contribution in [2.45, 2.75) is 31.7 Å². The summed E-state index contributed by atoms with van der Waals surface area (Å²) in [7, 11) is 3.71. The SMILES string of the molecule is CN(CCCOc1ccccc1)C(=O)CN1CCCC(N(C)CC(=O)O)CC1. The van der Waals surface area contributed by atoms with E-state index in [0.717, 1.165) is 44.5 Å². The quantitative estimate of drug-likeness (QED) is 0.613. The minimum Gasteiger partial charge on any atom is -0.494 e. The van der Waals surface area contributed by atoms with E-state index in [4.69, 9.17) is 9.84 Å². The van der Waals surface area contributed by atoms with Crippen LogP contribution in [0.25, 0.3) is 0 Å². The summed E-state index contributed by atoms with van der Waals surface area (Å²) in [6, 6.07) is 9.95. The van der Waals surface area contributed by atoms with E-state index in [1.54, 1.807) is 4.90 Å². The summed E-state index contributed by atoms with van der Waals surface area (Å²) in [5.74, 6) is 0.178. The van der Waals surface area contributed by atoms with Gasteiger partial charge in [0.15, 0.2) is 0 Å². The molecule has 1 aliphatic rings. The van der Waals surface area contributed by atoms with Crippen LogP contribution >= 0.6 is 0 Å². The molecule has 1 saturated heterocycles. The number of carbonyl (C=O) groups is 2. The molecular weight excluding hydrogens is 358 g/mol. The molecule has 1 amide bonds. The van der Waals surface area contributed by atoms with Crippen LogP contribution in [0, 0.1) is 0 Å². The molecule has 1 unspecified atom stereocenters. The Kier molecular flexibility index (Phi) is 9.23. The lowest BCUT2D eigenvalue weighted by atomic mass is 10.1. The summed E-state index contributed by atoms with van der Waals surface area (Å²) < 4.78 is 5.67. The first-order valence-corrected chi connectivity index (χ1v) is 10.0. The zero-order valence-corrected chi connectivity index (χ0v) is 17.0. The van der Waals surface area contributed by atoms with Crippen molar-refractivity contribution in [3.05, 3.63) is 30.3 Å². The van der Waals surface area contributed by atoms with Crippen LogP contribution in [0.15, 0.2) is 30.3 Å². The Labute approximate surface area is 167 Å². The number of hydrogen-bond acceptors (Lipinski definition) is 5. The van der Waals surface area contributed by atoms with E-state index < -0.39 is 5.97 Å². The van der Waals surface area contributed by atoms with Gasteiger partial charge in [-0.25, -0.2) is 0 Å². The predicted octanol–water partition coefficient (Wildman–Crippen LogP) is 1.78. The molecule has 28 heavy (non-hydrogen) atoms. The maximum absolute atomic E-state index is 12.5. The molecule has 1 aromatic carbocycles. The molecule has 7 heteroatoms. The summed E-state index contributed by atoms with van der Waals surface area (Å²) in [6.45, 7) is 3.45. The molecule has 0 bridgehead atoms. The fraction of sp³-hybridized carbons (Fsp3) is 0.619. The summed E-state index contributed by atoms with van der Waals surface area (Å²) in [5, 5.41) is 8.96. The van der Waals surface area contributed by atoms with E-state index in [2.05, 4.69) is 4.90 Å². The third-order valence-electron chi connectivity index (χ3n) is 5.23. The lowest BCUT2D eigenvalue weighted by molar-refractivity contribution is -0.138. The molecule has 0 saturated carbocycles. The van der Waals surface area contributed by atoms with Crippen LogP contribution in [0.4, 0.5) is 0 Å². The fourth-order valence-corrected chi connectivity index (χ4v) is 3.52. The van der Waals surface area contributed by atoms with E-state index >= 15 is 0 Å². The third-order valence-corrected chi connectivity index (χ3v) is 5.23. The Morgan fingerprint density at radius 2 is 1.93 bits per heavy atom. The van der Waals surface area contributed by atoms with E-state index in [1.165, 1.54) is 0 Å². The van der Waals surface area contributed by atoms with Gasteiger partial charge in [0.25, 0.3) is 0 Å². The molecular formula is C21H33N3O4. The molecule has 1 aliphatic heterocycles. The van der Waals surface area contributed by atoms with Gasteiger partial charge in [0.05, 0.1) is 19.7 Å². The summed E-state index contributed by atoms with van der Waals surface area (Å²) in [6.07, 6.45) is 3.64. The predicted molar refractivity (Wildman–Crippen MR) is 109 cm³/mol. The van der Waals surface area contributed by atoms with E-state index in [0.29, 0.717) is 19.7 Å². The topological polar surface area (TPSA) is 73.3 Å². The number of rotatable bonds is 10. The summed E-state index contributed by atoms with van der Waals surface area (Å²) in [5.41, 5.74) is 0. The lowest BCUT2D eigenvalue weighted by Gasteiger charge is -2.26. The number of likely N-dealkylation sites (tertiary alicyclic amines) is 1. The number of carbonyl (C=O) groups excluding carboxylic acids is 1. The molecule has 0 aliphatic carbocycles. The van der Waals surface area contributed by atoms with Crippen molar-refractivity contribution in [3.8, 4) is 5.75 Å². The Morgan fingerprint density at radius 3 is 2.64 bits per heavy atom. The number of benzene rings is 1. The molecule has 1 heterocycles. The number of hydrogen-bond donors (Lipinski definition) is 1. The second-order valence-electron chi connectivity index (χ2n) is 7.50. The summed E-state index contributed by atoms with van der Waals surface area (Å²) >= 11 is 0. The lowest BCUT2D eigenvalue weighted by Crippen LogP contribution is -2.40. The molecule has 0 aromatic heterocycles. The van der Waals surface area contributed by atoms with Gasteiger partial charge in [-0.05, 0) is 51.4 Å². The van der Waals surface area contributed by atoms with Crippen LogP contribution in [0.3, 0.4) is 0 Å². The molecule has 1 aromatic rings. The molecule has 1 N–H and O–H groups in total. The molecule has 7 nitrogen and oxygen atoms in total. The molecule has 2 rings (SSSR count). The van der Waals surface area contributed by atoms with Gasteiger partial charge in [-0.15, -0.1) is 0 Å². The number of para-hydroxylation sites is 1. The smallest absolute Gasteiger partial charge is 0.317 e. The van der Waals surface area contributed by atoms with E-state index in [9.17, 15) is 9.59 Å². The number of carboxylic acids is 1. The minimum atomic E-state index is -0.795. The van der Waals surface area contributed by atoms with Gasteiger partial charge in [-0.1, -0.05) is 18.2 Å². The van der Waals surface area contributed by atoms with Crippen LogP contribution in [-0.2, 0) is 9.59 Å². The van der Waals surface area contributed by atoms with Gasteiger partial charge in [0.1, 0.15) is 5.75 Å². The van der Waals surface area contributed by atoms with Crippen LogP contribution in [0.1, 0.15) is 25.7 Å². The first kappa shape index (κ1) is 22.2. The van der Waals surface area contributed by atoms with E-state index in [-0.39, 0.29) is 18.5 Å². The second-order valence-corrected chi connectivity index (χ2v) is 7.50. The highest BCUT2D eigenvalue weighted by molar-refractivity contribution is 5.78. The van der Waals surface area contributed by atoms with Crippen LogP contribution in [0.5, 0.6) is 5.75 Å². The van der Waals surface area contributed by atoms with Crippen LogP contribution in [-0.4, -0.2) is 91.2 Å². The van der Waals surface area contributed by atoms with Crippen molar-refractivity contribution >= 4 is 11.9 Å². The van der Waals surface area contributed by atoms with Gasteiger partial charge in [0.2, 0.25) is 5.91 Å². The van der Waals surface area contributed by atoms with Crippen molar-refractivity contribution in [2.75, 3.05) is 53.4 Å². The first-order valence-electron chi connectivity index (χ1n) is 10.0. The monoisotopic (exact) mass is 391 g/mol. The van der Waals surface area contributed by atoms with Crippen LogP contribution < -0.4 is 4.74 Å². The highest BCUT2D eigenvalue weighted by Crippen LogP contribution is 2.16. The standard InChI is InChI=1S/C21H33N3O4/c1-22(12-7-15-28-19-9-4-3-5-10-19)20(25)16-24-13-6-8-18(11-14-24)23(2)17-21(26)27/h3-5,9-10,18H,6-8,11-17H2,1-2H3,(H,26,27). The van der Waals surface area contributed by atoms with Gasteiger partial charge in [0, 0.05) is 26.2 Å². The van der Waals surface area contributed by atoms with Crippen molar-refractivity contribution in [3.63, 3.8) is 0 Å². The third kappa shape index (κ3) is 7.86. The first-order chi connectivity index (χ1) is 13.5. The Morgan fingerprint density at radius 1 is 1.18 bits per heavy atom. The van der Waals surface area contributed by atoms with Crippen molar-refractivity contribution in [1.29, 1.82) is 0 Å². The number of likely N-dealkylation sites (N-methyl/N-ethyl adjacent to an activating group) is 2. The number of ether oxygens (including phenoxy) is 1. The highest BCUT2D eigenvalue weighted by Gasteiger charge is 2.23. The largest absolute Gasteiger partial charge is 0.494 e. The number of carboxylic acid groups (broad SMARTS) is 1. The van der Waals surface area contributed by atoms with Crippen molar-refractivity contribution in [1.82, 2.24) is 14.7 Å².